The summed E-state index contributed by atoms with van der Waals surface area (Å²) >= 11 is 0. The molecule has 1 aliphatic rings. The molecule has 0 heterocycles. The molecule has 2 aromatic rings. The van der Waals surface area contributed by atoms with E-state index in [1.54, 1.807) is 18.2 Å². The van der Waals surface area contributed by atoms with E-state index >= 15 is 0 Å². The van der Waals surface area contributed by atoms with Crippen LogP contribution in [0.5, 0.6) is 0 Å². The second-order valence-corrected chi connectivity index (χ2v) is 5.69. The quantitative estimate of drug-likeness (QED) is 0.462. The molecule has 1 saturated carbocycles. The van der Waals surface area contributed by atoms with Crippen molar-refractivity contribution < 1.29 is 18.5 Å². The monoisotopic (exact) mass is 341 g/mol. The van der Waals surface area contributed by atoms with Crippen LogP contribution in [0.4, 0.5) is 14.5 Å². The second-order valence-electron chi connectivity index (χ2n) is 5.69. The van der Waals surface area contributed by atoms with Gasteiger partial charge in [-0.2, -0.15) is 0 Å². The van der Waals surface area contributed by atoms with Crippen LogP contribution in [-0.2, 0) is 4.79 Å². The van der Waals surface area contributed by atoms with Gasteiger partial charge in [-0.15, -0.1) is 0 Å². The van der Waals surface area contributed by atoms with Gasteiger partial charge in [0, 0.05) is 28.8 Å². The maximum absolute atomic E-state index is 13.7. The Hall–Kier alpha value is -3.15. The van der Waals surface area contributed by atoms with Gasteiger partial charge in [0.15, 0.2) is 5.78 Å². The summed E-state index contributed by atoms with van der Waals surface area (Å²) in [6.45, 7) is 0. The molecule has 0 radical (unpaired) electrons. The first-order valence-electron chi connectivity index (χ1n) is 7.59. The Morgan fingerprint density at radius 1 is 1.00 bits per heavy atom. The average Bonchev–Trinajstić information content (AvgIpc) is 2.92. The van der Waals surface area contributed by atoms with Crippen LogP contribution in [0.2, 0.25) is 0 Å². The molecule has 0 aliphatic heterocycles. The molecular weight excluding hydrogens is 328 g/mol. The number of allylic oxidation sites excluding steroid dienone is 2. The summed E-state index contributed by atoms with van der Waals surface area (Å²) in [5.74, 6) is -1.43. The predicted molar refractivity (Wildman–Crippen MR) is 89.6 cm³/mol. The van der Waals surface area contributed by atoms with Crippen molar-refractivity contribution in [1.82, 2.24) is 0 Å². The molecule has 6 heteroatoms. The van der Waals surface area contributed by atoms with E-state index in [-0.39, 0.29) is 17.0 Å². The largest absolute Gasteiger partial charge is 0.289 e. The highest BCUT2D eigenvalue weighted by Gasteiger charge is 2.23. The number of nitro groups is 1. The van der Waals surface area contributed by atoms with Gasteiger partial charge in [0.05, 0.1) is 4.92 Å². The number of hydrogen-bond acceptors (Lipinski definition) is 3. The van der Waals surface area contributed by atoms with Crippen molar-refractivity contribution in [3.63, 3.8) is 0 Å². The van der Waals surface area contributed by atoms with E-state index in [0.29, 0.717) is 29.6 Å². The summed E-state index contributed by atoms with van der Waals surface area (Å²) in [6.07, 6.45) is 3.81. The molecule has 1 fully saturated rings. The van der Waals surface area contributed by atoms with E-state index < -0.39 is 16.6 Å². The molecule has 0 N–H and O–H groups in total. The Bertz CT molecular complexity index is 932. The first-order chi connectivity index (χ1) is 11.9. The highest BCUT2D eigenvalue weighted by Crippen LogP contribution is 2.30. The zero-order valence-corrected chi connectivity index (χ0v) is 13.0. The maximum atomic E-state index is 13.7. The van der Waals surface area contributed by atoms with Gasteiger partial charge in [0.1, 0.15) is 11.6 Å². The Balaban J connectivity index is 1.89. The first kappa shape index (κ1) is 16.7. The van der Waals surface area contributed by atoms with Crippen LogP contribution in [-0.4, -0.2) is 10.7 Å². The van der Waals surface area contributed by atoms with E-state index in [1.807, 2.05) is 0 Å². The van der Waals surface area contributed by atoms with Gasteiger partial charge in [-0.25, -0.2) is 8.78 Å². The van der Waals surface area contributed by atoms with Gasteiger partial charge in [-0.3, -0.25) is 14.9 Å². The van der Waals surface area contributed by atoms with E-state index in [0.717, 1.165) is 18.2 Å². The fourth-order valence-electron chi connectivity index (χ4n) is 2.72. The summed E-state index contributed by atoms with van der Waals surface area (Å²) in [5, 5.41) is 10.8. The summed E-state index contributed by atoms with van der Waals surface area (Å²) < 4.78 is 27.0. The van der Waals surface area contributed by atoms with Gasteiger partial charge >= 0.3 is 0 Å². The van der Waals surface area contributed by atoms with Crippen LogP contribution in [0.3, 0.4) is 0 Å². The minimum atomic E-state index is -0.599. The number of hydrogen-bond donors (Lipinski definition) is 0. The van der Waals surface area contributed by atoms with Crippen molar-refractivity contribution in [2.24, 2.45) is 0 Å². The van der Waals surface area contributed by atoms with Crippen molar-refractivity contribution in [3.8, 4) is 0 Å². The second kappa shape index (κ2) is 6.76. The maximum Gasteiger partial charge on any atom is 0.270 e. The Kier molecular flexibility index (Phi) is 4.52. The Labute approximate surface area is 142 Å². The lowest BCUT2D eigenvalue weighted by Crippen LogP contribution is -1.96. The van der Waals surface area contributed by atoms with E-state index in [9.17, 15) is 23.7 Å². The number of nitro benzene ring substituents is 1. The van der Waals surface area contributed by atoms with Crippen molar-refractivity contribution in [3.05, 3.63) is 86.5 Å². The molecule has 0 saturated heterocycles. The van der Waals surface area contributed by atoms with Crippen molar-refractivity contribution in [2.75, 3.05) is 0 Å². The third-order valence-corrected chi connectivity index (χ3v) is 3.96. The zero-order valence-electron chi connectivity index (χ0n) is 13.0. The van der Waals surface area contributed by atoms with E-state index in [4.69, 9.17) is 0 Å². The van der Waals surface area contributed by atoms with E-state index in [2.05, 4.69) is 0 Å². The minimum Gasteiger partial charge on any atom is -0.289 e. The molecule has 25 heavy (non-hydrogen) atoms. The molecule has 2 aromatic carbocycles. The summed E-state index contributed by atoms with van der Waals surface area (Å²) in [7, 11) is 0. The number of Topliss-reactive ketones (excluding diaryl/α,β-unsaturated/α-hetero) is 1. The number of carbonyl (C=O) groups is 1. The van der Waals surface area contributed by atoms with E-state index in [1.165, 1.54) is 18.2 Å². The Morgan fingerprint density at radius 2 is 1.72 bits per heavy atom. The molecule has 4 nitrogen and oxygen atoms in total. The van der Waals surface area contributed by atoms with Gasteiger partial charge in [0.2, 0.25) is 0 Å². The molecule has 0 atom stereocenters. The van der Waals surface area contributed by atoms with Crippen molar-refractivity contribution in [1.29, 1.82) is 0 Å². The fraction of sp³-hybridized carbons (Fsp3) is 0.105. The van der Waals surface area contributed by atoms with Crippen LogP contribution in [0.1, 0.15) is 24.0 Å². The molecular formula is C19H13F2NO3. The van der Waals surface area contributed by atoms with Crippen molar-refractivity contribution >= 4 is 23.6 Å². The van der Waals surface area contributed by atoms with Gasteiger partial charge in [-0.1, -0.05) is 12.1 Å². The number of carbonyl (C=O) groups excluding carboxylic acids is 1. The minimum absolute atomic E-state index is 0.0277. The van der Waals surface area contributed by atoms with Crippen LogP contribution >= 0.6 is 0 Å². The normalized spacial score (nSPS) is 17.4. The standard InChI is InChI=1S/C19H13F2NO3/c20-16-6-7-18(21)15(11-16)10-14-5-4-13(19(14)23)8-12-2-1-3-17(9-12)22(24)25/h1-3,6-11H,4-5H2/b13-8-,14-10+. The molecule has 126 valence electrons. The fourth-order valence-corrected chi connectivity index (χ4v) is 2.72. The predicted octanol–water partition coefficient (Wildman–Crippen LogP) is 4.70. The lowest BCUT2D eigenvalue weighted by molar-refractivity contribution is -0.384. The number of non-ortho nitro benzene ring substituents is 1. The van der Waals surface area contributed by atoms with Crippen LogP contribution < -0.4 is 0 Å². The number of ketones is 1. The number of rotatable bonds is 3. The Morgan fingerprint density at radius 3 is 2.44 bits per heavy atom. The first-order valence-corrected chi connectivity index (χ1v) is 7.59. The third kappa shape index (κ3) is 3.68. The lowest BCUT2D eigenvalue weighted by atomic mass is 10.1. The van der Waals surface area contributed by atoms with Crippen molar-refractivity contribution in [2.45, 2.75) is 12.8 Å². The topological polar surface area (TPSA) is 60.2 Å². The lowest BCUT2D eigenvalue weighted by Gasteiger charge is -2.00. The molecule has 0 amide bonds. The summed E-state index contributed by atoms with van der Waals surface area (Å²) in [5.41, 5.74) is 1.40. The summed E-state index contributed by atoms with van der Waals surface area (Å²) in [4.78, 5) is 22.8. The molecule has 0 spiro atoms. The molecule has 0 aromatic heterocycles. The van der Waals surface area contributed by atoms with Crippen LogP contribution in [0.15, 0.2) is 53.6 Å². The van der Waals surface area contributed by atoms with Crippen LogP contribution in [0.25, 0.3) is 12.2 Å². The summed E-state index contributed by atoms with van der Waals surface area (Å²) in [6, 6.07) is 9.04. The van der Waals surface area contributed by atoms with Gasteiger partial charge in [-0.05, 0) is 48.8 Å². The SMILES string of the molecule is O=C1/C(=C\c2cccc([N+](=O)[O-])c2)CC/C1=C\c1cc(F)ccc1F. The number of benzene rings is 2. The zero-order chi connectivity index (χ0) is 18.0. The molecule has 1 aliphatic carbocycles. The van der Waals surface area contributed by atoms with Crippen LogP contribution in [0, 0.1) is 21.7 Å². The average molecular weight is 341 g/mol. The smallest absolute Gasteiger partial charge is 0.270 e. The highest BCUT2D eigenvalue weighted by molar-refractivity contribution is 6.15. The third-order valence-electron chi connectivity index (χ3n) is 3.96. The number of halogens is 2. The van der Waals surface area contributed by atoms with Gasteiger partial charge in [0.25, 0.3) is 5.69 Å². The van der Waals surface area contributed by atoms with Gasteiger partial charge < -0.3 is 0 Å². The molecule has 3 rings (SSSR count). The molecule has 0 unspecified atom stereocenters. The molecule has 0 bridgehead atoms. The highest BCUT2D eigenvalue weighted by atomic mass is 19.1. The number of nitrogens with zero attached hydrogens (tertiary/aromatic N) is 1.